The number of amidine groups is 1. The smallest absolute Gasteiger partial charge is 0.400 e. The summed E-state index contributed by atoms with van der Waals surface area (Å²) in [7, 11) is 2.86. The monoisotopic (exact) mass is 307 g/mol. The van der Waals surface area contributed by atoms with Gasteiger partial charge in [-0.1, -0.05) is 5.16 Å². The van der Waals surface area contributed by atoms with E-state index >= 15 is 0 Å². The van der Waals surface area contributed by atoms with E-state index in [9.17, 15) is 13.2 Å². The Labute approximate surface area is 119 Å². The molecule has 1 rings (SSSR count). The summed E-state index contributed by atoms with van der Waals surface area (Å²) < 4.78 is 48.4. The standard InChI is InChI=1S/C12H16F3N3O3/c1-20-9-4-3-7(5-10(9)21-2)17-6-8(11(16)18-19)12(13,14)15/h3-5,8,17,19H,6H2,1-2H3,(H2,16,18). The van der Waals surface area contributed by atoms with Gasteiger partial charge in [0, 0.05) is 18.3 Å². The summed E-state index contributed by atoms with van der Waals surface area (Å²) in [5.74, 6) is -2.19. The molecule has 0 spiro atoms. The van der Waals surface area contributed by atoms with E-state index in [4.69, 9.17) is 20.4 Å². The van der Waals surface area contributed by atoms with Gasteiger partial charge >= 0.3 is 6.18 Å². The van der Waals surface area contributed by atoms with Crippen LogP contribution >= 0.6 is 0 Å². The number of halogens is 3. The van der Waals surface area contributed by atoms with E-state index in [0.29, 0.717) is 17.2 Å². The lowest BCUT2D eigenvalue weighted by molar-refractivity contribution is -0.152. The molecule has 1 atom stereocenters. The van der Waals surface area contributed by atoms with Crippen molar-refractivity contribution in [3.05, 3.63) is 18.2 Å². The summed E-state index contributed by atoms with van der Waals surface area (Å²) in [4.78, 5) is 0. The van der Waals surface area contributed by atoms with E-state index in [-0.39, 0.29) is 0 Å². The molecule has 0 aliphatic heterocycles. The molecule has 1 aromatic carbocycles. The first-order valence-electron chi connectivity index (χ1n) is 5.83. The first-order valence-corrected chi connectivity index (χ1v) is 5.83. The Morgan fingerprint density at radius 1 is 1.33 bits per heavy atom. The molecule has 0 radical (unpaired) electrons. The fourth-order valence-electron chi connectivity index (χ4n) is 1.62. The van der Waals surface area contributed by atoms with Crippen LogP contribution in [0.15, 0.2) is 23.4 Å². The molecule has 118 valence electrons. The molecule has 1 aromatic rings. The molecule has 0 aliphatic rings. The number of hydrogen-bond acceptors (Lipinski definition) is 5. The highest BCUT2D eigenvalue weighted by atomic mass is 19.4. The number of anilines is 1. The van der Waals surface area contributed by atoms with Crippen molar-refractivity contribution < 1.29 is 27.9 Å². The van der Waals surface area contributed by atoms with E-state index in [1.807, 2.05) is 0 Å². The predicted molar refractivity (Wildman–Crippen MR) is 71.0 cm³/mol. The number of nitrogens with zero attached hydrogens (tertiary/aromatic N) is 1. The van der Waals surface area contributed by atoms with Crippen molar-refractivity contribution in [3.8, 4) is 11.5 Å². The molecule has 1 unspecified atom stereocenters. The summed E-state index contributed by atoms with van der Waals surface area (Å²) in [6.07, 6.45) is -4.63. The number of nitrogens with one attached hydrogen (secondary N) is 1. The van der Waals surface area contributed by atoms with Crippen LogP contribution in [0.5, 0.6) is 11.5 Å². The zero-order valence-corrected chi connectivity index (χ0v) is 11.4. The summed E-state index contributed by atoms with van der Waals surface area (Å²) in [6, 6.07) is 4.56. The largest absolute Gasteiger partial charge is 0.493 e. The minimum absolute atomic E-state index is 0.370. The predicted octanol–water partition coefficient (Wildman–Crippen LogP) is 2.04. The van der Waals surface area contributed by atoms with Gasteiger partial charge < -0.3 is 25.7 Å². The zero-order chi connectivity index (χ0) is 16.0. The fourth-order valence-corrected chi connectivity index (χ4v) is 1.62. The molecule has 0 saturated heterocycles. The quantitative estimate of drug-likeness (QED) is 0.324. The molecular weight excluding hydrogens is 291 g/mol. The maximum Gasteiger partial charge on any atom is 0.400 e. The number of oxime groups is 1. The lowest BCUT2D eigenvalue weighted by atomic mass is 10.1. The maximum absolute atomic E-state index is 12.8. The number of nitrogens with two attached hydrogens (primary N) is 1. The Morgan fingerprint density at radius 3 is 2.43 bits per heavy atom. The van der Waals surface area contributed by atoms with Gasteiger partial charge in [-0.3, -0.25) is 0 Å². The molecule has 0 fully saturated rings. The zero-order valence-electron chi connectivity index (χ0n) is 11.4. The highest BCUT2D eigenvalue weighted by molar-refractivity contribution is 5.83. The van der Waals surface area contributed by atoms with Crippen molar-refractivity contribution in [1.29, 1.82) is 0 Å². The molecule has 0 aromatic heterocycles. The lowest BCUT2D eigenvalue weighted by Crippen LogP contribution is -2.40. The van der Waals surface area contributed by atoms with Gasteiger partial charge in [0.2, 0.25) is 0 Å². The molecule has 0 heterocycles. The third-order valence-corrected chi connectivity index (χ3v) is 2.76. The van der Waals surface area contributed by atoms with E-state index < -0.39 is 24.5 Å². The molecule has 0 aliphatic carbocycles. The van der Waals surface area contributed by atoms with Crippen LogP contribution in [0.25, 0.3) is 0 Å². The van der Waals surface area contributed by atoms with Crippen molar-refractivity contribution in [3.63, 3.8) is 0 Å². The third-order valence-electron chi connectivity index (χ3n) is 2.76. The van der Waals surface area contributed by atoms with Crippen LogP contribution in [0.4, 0.5) is 18.9 Å². The fraction of sp³-hybridized carbons (Fsp3) is 0.417. The summed E-state index contributed by atoms with van der Waals surface area (Å²) >= 11 is 0. The Hall–Kier alpha value is -2.32. The van der Waals surface area contributed by atoms with Gasteiger partial charge in [0.25, 0.3) is 0 Å². The Morgan fingerprint density at radius 2 is 1.95 bits per heavy atom. The first-order chi connectivity index (χ1) is 9.83. The average Bonchev–Trinajstić information content (AvgIpc) is 2.45. The second-order valence-electron chi connectivity index (χ2n) is 4.07. The molecule has 21 heavy (non-hydrogen) atoms. The van der Waals surface area contributed by atoms with Crippen molar-refractivity contribution in [1.82, 2.24) is 0 Å². The van der Waals surface area contributed by atoms with Crippen LogP contribution in [0.1, 0.15) is 0 Å². The lowest BCUT2D eigenvalue weighted by Gasteiger charge is -2.20. The van der Waals surface area contributed by atoms with Crippen molar-refractivity contribution >= 4 is 11.5 Å². The third kappa shape index (κ3) is 4.33. The van der Waals surface area contributed by atoms with Gasteiger partial charge in [-0.05, 0) is 12.1 Å². The van der Waals surface area contributed by atoms with Gasteiger partial charge in [-0.2, -0.15) is 13.2 Å². The number of benzene rings is 1. The van der Waals surface area contributed by atoms with Crippen molar-refractivity contribution in [2.45, 2.75) is 6.18 Å². The molecule has 4 N–H and O–H groups in total. The van der Waals surface area contributed by atoms with Crippen LogP contribution in [-0.4, -0.2) is 38.0 Å². The summed E-state index contributed by atoms with van der Waals surface area (Å²) in [5.41, 5.74) is 5.45. The van der Waals surface area contributed by atoms with E-state index in [2.05, 4.69) is 10.5 Å². The minimum atomic E-state index is -4.63. The van der Waals surface area contributed by atoms with E-state index in [1.54, 1.807) is 6.07 Å². The minimum Gasteiger partial charge on any atom is -0.493 e. The van der Waals surface area contributed by atoms with Gasteiger partial charge in [-0.25, -0.2) is 0 Å². The van der Waals surface area contributed by atoms with Crippen LogP contribution in [-0.2, 0) is 0 Å². The highest BCUT2D eigenvalue weighted by Crippen LogP contribution is 2.31. The Balaban J connectivity index is 2.86. The van der Waals surface area contributed by atoms with Crippen molar-refractivity contribution in [2.75, 3.05) is 26.1 Å². The van der Waals surface area contributed by atoms with Gasteiger partial charge in [0.1, 0.15) is 5.92 Å². The van der Waals surface area contributed by atoms with Crippen molar-refractivity contribution in [2.24, 2.45) is 16.8 Å². The normalized spacial score (nSPS) is 13.7. The summed E-state index contributed by atoms with van der Waals surface area (Å²) in [5, 5.41) is 13.4. The number of methoxy groups -OCH3 is 2. The van der Waals surface area contributed by atoms with Gasteiger partial charge in [-0.15, -0.1) is 0 Å². The van der Waals surface area contributed by atoms with Gasteiger partial charge in [0.05, 0.1) is 14.2 Å². The molecule has 6 nitrogen and oxygen atoms in total. The Kier molecular flexibility index (Phi) is 5.51. The van der Waals surface area contributed by atoms with Crippen LogP contribution in [0, 0.1) is 5.92 Å². The molecule has 0 saturated carbocycles. The SMILES string of the molecule is COc1ccc(NCC(/C(N)=N/O)C(F)(F)F)cc1OC. The molecule has 9 heteroatoms. The second kappa shape index (κ2) is 6.91. The topological polar surface area (TPSA) is 89.1 Å². The number of rotatable bonds is 6. The highest BCUT2D eigenvalue weighted by Gasteiger charge is 2.42. The van der Waals surface area contributed by atoms with Crippen LogP contribution in [0.3, 0.4) is 0 Å². The summed E-state index contributed by atoms with van der Waals surface area (Å²) in [6.45, 7) is -0.575. The van der Waals surface area contributed by atoms with E-state index in [1.165, 1.54) is 26.4 Å². The number of ether oxygens (including phenoxy) is 2. The first kappa shape index (κ1) is 16.7. The average molecular weight is 307 g/mol. The van der Waals surface area contributed by atoms with Gasteiger partial charge in [0.15, 0.2) is 17.3 Å². The van der Waals surface area contributed by atoms with Crippen LogP contribution < -0.4 is 20.5 Å². The number of alkyl halides is 3. The van der Waals surface area contributed by atoms with E-state index in [0.717, 1.165) is 0 Å². The molecule has 0 amide bonds. The second-order valence-corrected chi connectivity index (χ2v) is 4.07. The molecular formula is C12H16F3N3O3. The maximum atomic E-state index is 12.8. The van der Waals surface area contributed by atoms with Crippen LogP contribution in [0.2, 0.25) is 0 Å². The molecule has 0 bridgehead atoms. The number of hydrogen-bond donors (Lipinski definition) is 3. The Bertz CT molecular complexity index is 506.